The zero-order valence-corrected chi connectivity index (χ0v) is 14.0. The number of fused-ring (bicyclic) bond motifs is 1. The summed E-state index contributed by atoms with van der Waals surface area (Å²) in [5.74, 6) is -1.07. The lowest BCUT2D eigenvalue weighted by atomic mass is 10.1. The summed E-state index contributed by atoms with van der Waals surface area (Å²) in [6.45, 7) is 0. The molecule has 0 aliphatic rings. The fraction of sp³-hybridized carbons (Fsp3) is 0.143. The van der Waals surface area contributed by atoms with Crippen LogP contribution in [0.5, 0.6) is 0 Å². The van der Waals surface area contributed by atoms with Crippen LogP contribution >= 0.6 is 46.4 Å². The van der Waals surface area contributed by atoms with Crippen LogP contribution in [-0.2, 0) is 9.59 Å². The molecular formula is C14H10Cl4N2O2. The number of alkyl halides is 4. The van der Waals surface area contributed by atoms with Crippen LogP contribution in [0.3, 0.4) is 0 Å². The van der Waals surface area contributed by atoms with Gasteiger partial charge in [0.15, 0.2) is 9.67 Å². The van der Waals surface area contributed by atoms with E-state index in [0.717, 1.165) is 0 Å². The second-order valence-corrected chi connectivity index (χ2v) is 6.48. The summed E-state index contributed by atoms with van der Waals surface area (Å²) < 4.78 is 0. The predicted octanol–water partition coefficient (Wildman–Crippen LogP) is 4.32. The summed E-state index contributed by atoms with van der Waals surface area (Å²) in [5, 5.41) is 6.66. The second-order valence-electron chi connectivity index (χ2n) is 4.29. The molecule has 0 radical (unpaired) electrons. The Bertz CT molecular complexity index is 658. The normalized spacial score (nSPS) is 11.0. The highest BCUT2D eigenvalue weighted by Crippen LogP contribution is 2.30. The van der Waals surface area contributed by atoms with Gasteiger partial charge >= 0.3 is 0 Å². The molecule has 0 aliphatic carbocycles. The average molecular weight is 380 g/mol. The standard InChI is InChI=1S/C14H10Cl4N2O2/c15-11(16)13(21)19-9-5-1-3-7-8(9)4-2-6-10(7)20-14(22)12(17)18/h1-6,11-12H,(H,19,21)(H,20,22). The summed E-state index contributed by atoms with van der Waals surface area (Å²) in [5.41, 5.74) is 1.05. The number of carbonyl (C=O) groups excluding carboxylic acids is 2. The van der Waals surface area contributed by atoms with E-state index in [9.17, 15) is 9.59 Å². The van der Waals surface area contributed by atoms with Gasteiger partial charge < -0.3 is 10.6 Å². The van der Waals surface area contributed by atoms with Gasteiger partial charge in [0, 0.05) is 22.1 Å². The first-order valence-corrected chi connectivity index (χ1v) is 7.84. The monoisotopic (exact) mass is 378 g/mol. The number of hydrogen-bond donors (Lipinski definition) is 2. The first-order chi connectivity index (χ1) is 10.4. The number of halogens is 4. The highest BCUT2D eigenvalue weighted by atomic mass is 35.5. The average Bonchev–Trinajstić information content (AvgIpc) is 2.47. The van der Waals surface area contributed by atoms with Gasteiger partial charge in [-0.3, -0.25) is 9.59 Å². The second kappa shape index (κ2) is 7.38. The van der Waals surface area contributed by atoms with Crippen LogP contribution < -0.4 is 10.6 Å². The van der Waals surface area contributed by atoms with Gasteiger partial charge in [0.1, 0.15) is 0 Å². The summed E-state index contributed by atoms with van der Waals surface area (Å²) in [6, 6.07) is 10.4. The van der Waals surface area contributed by atoms with Crippen molar-refractivity contribution in [1.29, 1.82) is 0 Å². The maximum Gasteiger partial charge on any atom is 0.257 e. The van der Waals surface area contributed by atoms with Crippen molar-refractivity contribution in [2.45, 2.75) is 9.67 Å². The smallest absolute Gasteiger partial charge is 0.257 e. The van der Waals surface area contributed by atoms with Crippen molar-refractivity contribution in [3.8, 4) is 0 Å². The fourth-order valence-corrected chi connectivity index (χ4v) is 2.12. The van der Waals surface area contributed by atoms with Crippen LogP contribution in [0.2, 0.25) is 0 Å². The van der Waals surface area contributed by atoms with Crippen molar-refractivity contribution in [2.24, 2.45) is 0 Å². The van der Waals surface area contributed by atoms with E-state index in [1.807, 2.05) is 0 Å². The van der Waals surface area contributed by atoms with Crippen LogP contribution in [0.15, 0.2) is 36.4 Å². The van der Waals surface area contributed by atoms with Gasteiger partial charge in [0.2, 0.25) is 0 Å². The van der Waals surface area contributed by atoms with E-state index in [4.69, 9.17) is 46.4 Å². The van der Waals surface area contributed by atoms with E-state index < -0.39 is 21.5 Å². The molecular weight excluding hydrogens is 370 g/mol. The minimum Gasteiger partial charge on any atom is -0.323 e. The number of amides is 2. The van der Waals surface area contributed by atoms with Crippen LogP contribution in [0.25, 0.3) is 10.8 Å². The number of benzene rings is 2. The molecule has 0 fully saturated rings. The van der Waals surface area contributed by atoms with E-state index in [-0.39, 0.29) is 0 Å². The molecule has 2 rings (SSSR count). The molecule has 4 nitrogen and oxygen atoms in total. The van der Waals surface area contributed by atoms with Gasteiger partial charge in [0.25, 0.3) is 11.8 Å². The Morgan fingerprint density at radius 2 is 1.09 bits per heavy atom. The summed E-state index contributed by atoms with van der Waals surface area (Å²) in [4.78, 5) is 20.9. The lowest BCUT2D eigenvalue weighted by molar-refractivity contribution is -0.115. The lowest BCUT2D eigenvalue weighted by Crippen LogP contribution is -2.19. The van der Waals surface area contributed by atoms with Crippen molar-refractivity contribution >= 4 is 80.4 Å². The first-order valence-electron chi connectivity index (χ1n) is 6.10. The van der Waals surface area contributed by atoms with Gasteiger partial charge in [-0.25, -0.2) is 0 Å². The molecule has 0 bridgehead atoms. The first kappa shape index (κ1) is 17.2. The molecule has 0 saturated carbocycles. The van der Waals surface area contributed by atoms with E-state index in [2.05, 4.69) is 10.6 Å². The molecule has 0 spiro atoms. The molecule has 0 aliphatic heterocycles. The van der Waals surface area contributed by atoms with Gasteiger partial charge in [-0.1, -0.05) is 70.7 Å². The number of carbonyl (C=O) groups is 2. The minimum atomic E-state index is -1.17. The highest BCUT2D eigenvalue weighted by Gasteiger charge is 2.15. The molecule has 8 heteroatoms. The highest BCUT2D eigenvalue weighted by molar-refractivity contribution is 6.55. The summed E-state index contributed by atoms with van der Waals surface area (Å²) in [6.07, 6.45) is 0. The zero-order chi connectivity index (χ0) is 16.3. The summed E-state index contributed by atoms with van der Waals surface area (Å²) in [7, 11) is 0. The Morgan fingerprint density at radius 1 is 0.727 bits per heavy atom. The van der Waals surface area contributed by atoms with Crippen LogP contribution in [0.1, 0.15) is 0 Å². The fourth-order valence-electron chi connectivity index (χ4n) is 1.90. The lowest BCUT2D eigenvalue weighted by Gasteiger charge is -2.13. The SMILES string of the molecule is O=C(Nc1cccc2c(NC(=O)C(Cl)Cl)cccc12)C(Cl)Cl. The van der Waals surface area contributed by atoms with E-state index in [0.29, 0.717) is 22.1 Å². The molecule has 2 aromatic carbocycles. The van der Waals surface area contributed by atoms with Crippen LogP contribution in [0, 0.1) is 0 Å². The molecule has 116 valence electrons. The van der Waals surface area contributed by atoms with Gasteiger partial charge in [-0.05, 0) is 12.1 Å². The number of nitrogens with one attached hydrogen (secondary N) is 2. The number of hydrogen-bond acceptors (Lipinski definition) is 2. The van der Waals surface area contributed by atoms with Crippen LogP contribution in [-0.4, -0.2) is 21.5 Å². The maximum absolute atomic E-state index is 11.6. The van der Waals surface area contributed by atoms with Crippen LogP contribution in [0.4, 0.5) is 11.4 Å². The largest absolute Gasteiger partial charge is 0.323 e. The van der Waals surface area contributed by atoms with Crippen molar-refractivity contribution < 1.29 is 9.59 Å². The molecule has 0 aromatic heterocycles. The molecule has 0 atom stereocenters. The molecule has 22 heavy (non-hydrogen) atoms. The molecule has 0 heterocycles. The Balaban J connectivity index is 2.42. The van der Waals surface area contributed by atoms with Crippen molar-refractivity contribution in [3.63, 3.8) is 0 Å². The Morgan fingerprint density at radius 3 is 1.41 bits per heavy atom. The number of anilines is 2. The molecule has 0 unspecified atom stereocenters. The quantitative estimate of drug-likeness (QED) is 0.777. The third-order valence-electron chi connectivity index (χ3n) is 2.83. The van der Waals surface area contributed by atoms with Gasteiger partial charge in [-0.15, -0.1) is 0 Å². The molecule has 2 N–H and O–H groups in total. The third kappa shape index (κ3) is 3.96. The molecule has 0 saturated heterocycles. The van der Waals surface area contributed by atoms with Gasteiger partial charge in [0.05, 0.1) is 0 Å². The van der Waals surface area contributed by atoms with E-state index >= 15 is 0 Å². The number of rotatable bonds is 4. The summed E-state index contributed by atoms with van der Waals surface area (Å²) >= 11 is 22.1. The van der Waals surface area contributed by atoms with E-state index in [1.54, 1.807) is 36.4 Å². The third-order valence-corrected chi connectivity index (χ3v) is 3.63. The maximum atomic E-state index is 11.6. The molecule has 2 aromatic rings. The Hall–Kier alpha value is -1.20. The Labute approximate surface area is 146 Å². The zero-order valence-electron chi connectivity index (χ0n) is 10.9. The Kier molecular flexibility index (Phi) is 5.75. The van der Waals surface area contributed by atoms with Gasteiger partial charge in [-0.2, -0.15) is 0 Å². The van der Waals surface area contributed by atoms with Crippen molar-refractivity contribution in [3.05, 3.63) is 36.4 Å². The molecule has 2 amide bonds. The predicted molar refractivity (Wildman–Crippen MR) is 92.2 cm³/mol. The van der Waals surface area contributed by atoms with E-state index in [1.165, 1.54) is 0 Å². The van der Waals surface area contributed by atoms with Crippen molar-refractivity contribution in [1.82, 2.24) is 0 Å². The van der Waals surface area contributed by atoms with Crippen molar-refractivity contribution in [2.75, 3.05) is 10.6 Å². The minimum absolute atomic E-state index is 0.526. The topological polar surface area (TPSA) is 58.2 Å².